The third kappa shape index (κ3) is 1.97. The lowest BCUT2D eigenvalue weighted by Crippen LogP contribution is -2.14. The highest BCUT2D eigenvalue weighted by Gasteiger charge is 2.14. The van der Waals surface area contributed by atoms with Crippen LogP contribution in [0.2, 0.25) is 0 Å². The lowest BCUT2D eigenvalue weighted by Gasteiger charge is -2.07. The van der Waals surface area contributed by atoms with E-state index in [2.05, 4.69) is 10.1 Å². The Hall–Kier alpha value is -2.89. The van der Waals surface area contributed by atoms with Crippen molar-refractivity contribution in [2.45, 2.75) is 0 Å². The molecule has 3 rings (SSSR count). The van der Waals surface area contributed by atoms with Crippen LogP contribution in [-0.2, 0) is 0 Å². The van der Waals surface area contributed by atoms with Crippen molar-refractivity contribution in [3.05, 3.63) is 48.3 Å². The first kappa shape index (κ1) is 12.2. The quantitative estimate of drug-likeness (QED) is 0.780. The molecule has 0 aliphatic carbocycles. The maximum absolute atomic E-state index is 11.6. The number of methoxy groups -OCH3 is 1. The monoisotopic (exact) mass is 268 g/mol. The van der Waals surface area contributed by atoms with E-state index in [1.165, 1.54) is 0 Å². The SMILES string of the molecule is COc1ccc(-c2nn3cccc3cc2C(N)=O)cn1. The summed E-state index contributed by atoms with van der Waals surface area (Å²) in [6, 6.07) is 8.92. The molecule has 0 aliphatic rings. The van der Waals surface area contributed by atoms with Gasteiger partial charge in [-0.15, -0.1) is 0 Å². The van der Waals surface area contributed by atoms with Crippen molar-refractivity contribution in [3.63, 3.8) is 0 Å². The average Bonchev–Trinajstić information content (AvgIpc) is 2.93. The average molecular weight is 268 g/mol. The van der Waals surface area contributed by atoms with Gasteiger partial charge in [-0.1, -0.05) is 0 Å². The van der Waals surface area contributed by atoms with Crippen LogP contribution in [0.15, 0.2) is 42.7 Å². The van der Waals surface area contributed by atoms with Gasteiger partial charge in [0.2, 0.25) is 5.88 Å². The third-order valence-corrected chi connectivity index (χ3v) is 3.00. The van der Waals surface area contributed by atoms with Crippen molar-refractivity contribution >= 4 is 11.4 Å². The van der Waals surface area contributed by atoms with Crippen LogP contribution in [-0.4, -0.2) is 27.6 Å². The Morgan fingerprint density at radius 2 is 2.20 bits per heavy atom. The second-order valence-corrected chi connectivity index (χ2v) is 4.24. The number of carbonyl (C=O) groups excluding carboxylic acids is 1. The van der Waals surface area contributed by atoms with Crippen molar-refractivity contribution in [1.29, 1.82) is 0 Å². The molecule has 0 radical (unpaired) electrons. The Bertz CT molecular complexity index is 777. The van der Waals surface area contributed by atoms with Crippen LogP contribution < -0.4 is 10.5 Å². The van der Waals surface area contributed by atoms with Gasteiger partial charge < -0.3 is 10.5 Å². The van der Waals surface area contributed by atoms with Crippen LogP contribution in [0, 0.1) is 0 Å². The summed E-state index contributed by atoms with van der Waals surface area (Å²) in [6.45, 7) is 0. The summed E-state index contributed by atoms with van der Waals surface area (Å²) in [6.07, 6.45) is 3.41. The minimum absolute atomic E-state index is 0.364. The number of hydrogen-bond acceptors (Lipinski definition) is 4. The van der Waals surface area contributed by atoms with Gasteiger partial charge in [-0.3, -0.25) is 4.79 Å². The van der Waals surface area contributed by atoms with E-state index in [-0.39, 0.29) is 0 Å². The molecule has 3 aromatic rings. The molecule has 6 nitrogen and oxygen atoms in total. The number of ether oxygens (including phenoxy) is 1. The molecule has 20 heavy (non-hydrogen) atoms. The molecule has 100 valence electrons. The predicted octanol–water partition coefficient (Wildman–Crippen LogP) is 1.50. The number of fused-ring (bicyclic) bond motifs is 1. The number of carbonyl (C=O) groups is 1. The highest BCUT2D eigenvalue weighted by molar-refractivity contribution is 5.99. The molecule has 0 atom stereocenters. The molecule has 0 spiro atoms. The summed E-state index contributed by atoms with van der Waals surface area (Å²) in [5.74, 6) is -0.0246. The van der Waals surface area contributed by atoms with E-state index in [4.69, 9.17) is 10.5 Å². The molecule has 0 fully saturated rings. The summed E-state index contributed by atoms with van der Waals surface area (Å²) < 4.78 is 6.70. The largest absolute Gasteiger partial charge is 0.481 e. The molecule has 3 heterocycles. The second-order valence-electron chi connectivity index (χ2n) is 4.24. The first-order valence-corrected chi connectivity index (χ1v) is 5.97. The van der Waals surface area contributed by atoms with Crippen molar-refractivity contribution in [1.82, 2.24) is 14.6 Å². The molecule has 0 unspecified atom stereocenters. The van der Waals surface area contributed by atoms with Gasteiger partial charge >= 0.3 is 0 Å². The van der Waals surface area contributed by atoms with Gasteiger partial charge in [0, 0.05) is 24.0 Å². The molecule has 2 N–H and O–H groups in total. The number of pyridine rings is 1. The number of amides is 1. The van der Waals surface area contributed by atoms with E-state index < -0.39 is 5.91 Å². The molecule has 0 aromatic carbocycles. The standard InChI is InChI=1S/C14H12N4O2/c1-20-12-5-4-9(8-16-12)13-11(14(15)19)7-10-3-2-6-18(10)17-13/h2-8H,1H3,(H2,15,19). The molecule has 1 amide bonds. The van der Waals surface area contributed by atoms with Crippen LogP contribution in [0.4, 0.5) is 0 Å². The second kappa shape index (κ2) is 4.65. The highest BCUT2D eigenvalue weighted by Crippen LogP contribution is 2.23. The fourth-order valence-electron chi connectivity index (χ4n) is 2.01. The van der Waals surface area contributed by atoms with Gasteiger partial charge in [-0.2, -0.15) is 5.10 Å². The lowest BCUT2D eigenvalue weighted by atomic mass is 10.1. The van der Waals surface area contributed by atoms with Crippen LogP contribution >= 0.6 is 0 Å². The molecule has 6 heteroatoms. The number of nitrogens with zero attached hydrogens (tertiary/aromatic N) is 3. The maximum atomic E-state index is 11.6. The minimum atomic E-state index is -0.521. The number of primary amides is 1. The maximum Gasteiger partial charge on any atom is 0.251 e. The highest BCUT2D eigenvalue weighted by atomic mass is 16.5. The molecule has 0 saturated heterocycles. The zero-order valence-electron chi connectivity index (χ0n) is 10.8. The van der Waals surface area contributed by atoms with E-state index in [1.807, 2.05) is 12.1 Å². The normalized spacial score (nSPS) is 10.7. The number of hydrogen-bond donors (Lipinski definition) is 1. The molecular formula is C14H12N4O2. The summed E-state index contributed by atoms with van der Waals surface area (Å²) in [5, 5.41) is 4.42. The van der Waals surface area contributed by atoms with Gasteiger partial charge in [-0.25, -0.2) is 9.50 Å². The molecular weight excluding hydrogens is 256 g/mol. The van der Waals surface area contributed by atoms with Gasteiger partial charge in [0.15, 0.2) is 0 Å². The Balaban J connectivity index is 2.21. The zero-order valence-corrected chi connectivity index (χ0v) is 10.8. The molecule has 0 bridgehead atoms. The van der Waals surface area contributed by atoms with E-state index in [0.29, 0.717) is 22.7 Å². The Labute approximate surface area is 114 Å². The Morgan fingerprint density at radius 1 is 1.35 bits per heavy atom. The third-order valence-electron chi connectivity index (χ3n) is 3.00. The van der Waals surface area contributed by atoms with Crippen LogP contribution in [0.25, 0.3) is 16.8 Å². The van der Waals surface area contributed by atoms with E-state index in [1.54, 1.807) is 42.2 Å². The minimum Gasteiger partial charge on any atom is -0.481 e. The summed E-state index contributed by atoms with van der Waals surface area (Å²) in [5.41, 5.74) is 7.81. The van der Waals surface area contributed by atoms with E-state index in [0.717, 1.165) is 5.52 Å². The number of aromatic nitrogens is 3. The summed E-state index contributed by atoms with van der Waals surface area (Å²) in [4.78, 5) is 15.7. The van der Waals surface area contributed by atoms with Crippen molar-refractivity contribution in [2.75, 3.05) is 7.11 Å². The van der Waals surface area contributed by atoms with Crippen molar-refractivity contribution < 1.29 is 9.53 Å². The lowest BCUT2D eigenvalue weighted by molar-refractivity contribution is 0.100. The van der Waals surface area contributed by atoms with E-state index >= 15 is 0 Å². The van der Waals surface area contributed by atoms with Crippen LogP contribution in [0.1, 0.15) is 10.4 Å². The Kier molecular flexibility index (Phi) is 2.83. The fraction of sp³-hybridized carbons (Fsp3) is 0.0714. The van der Waals surface area contributed by atoms with Gasteiger partial charge in [0.25, 0.3) is 5.91 Å². The molecule has 3 aromatic heterocycles. The predicted molar refractivity (Wildman–Crippen MR) is 73.5 cm³/mol. The van der Waals surface area contributed by atoms with Crippen molar-refractivity contribution in [3.8, 4) is 17.1 Å². The first-order chi connectivity index (χ1) is 9.69. The fourth-order valence-corrected chi connectivity index (χ4v) is 2.01. The molecule has 0 aliphatic heterocycles. The summed E-state index contributed by atoms with van der Waals surface area (Å²) in [7, 11) is 1.54. The zero-order chi connectivity index (χ0) is 14.1. The molecule has 0 saturated carbocycles. The van der Waals surface area contributed by atoms with Crippen LogP contribution in [0.5, 0.6) is 5.88 Å². The van der Waals surface area contributed by atoms with Crippen LogP contribution in [0.3, 0.4) is 0 Å². The van der Waals surface area contributed by atoms with Gasteiger partial charge in [0.05, 0.1) is 18.2 Å². The smallest absolute Gasteiger partial charge is 0.251 e. The van der Waals surface area contributed by atoms with Gasteiger partial charge in [-0.05, 0) is 24.3 Å². The number of nitrogens with two attached hydrogens (primary N) is 1. The summed E-state index contributed by atoms with van der Waals surface area (Å²) >= 11 is 0. The number of rotatable bonds is 3. The topological polar surface area (TPSA) is 82.5 Å². The van der Waals surface area contributed by atoms with Gasteiger partial charge in [0.1, 0.15) is 5.69 Å². The van der Waals surface area contributed by atoms with Crippen molar-refractivity contribution in [2.24, 2.45) is 5.73 Å². The first-order valence-electron chi connectivity index (χ1n) is 5.97. The Morgan fingerprint density at radius 3 is 2.85 bits per heavy atom. The van der Waals surface area contributed by atoms with E-state index in [9.17, 15) is 4.79 Å².